The van der Waals surface area contributed by atoms with E-state index in [-0.39, 0.29) is 18.2 Å². The van der Waals surface area contributed by atoms with E-state index < -0.39 is 23.2 Å². The Kier molecular flexibility index (Phi) is 5.71. The van der Waals surface area contributed by atoms with Crippen molar-refractivity contribution in [2.24, 2.45) is 0 Å². The number of fused-ring (bicyclic) bond motifs is 1. The average molecular weight is 410 g/mol. The van der Waals surface area contributed by atoms with Gasteiger partial charge in [0.2, 0.25) is 11.8 Å². The second-order valence-electron chi connectivity index (χ2n) is 5.89. The van der Waals surface area contributed by atoms with Crippen molar-refractivity contribution in [1.29, 1.82) is 0 Å². The molecule has 0 spiro atoms. The van der Waals surface area contributed by atoms with Crippen LogP contribution in [-0.2, 0) is 19.1 Å². The fourth-order valence-electron chi connectivity index (χ4n) is 2.35. The Hall–Kier alpha value is -2.52. The van der Waals surface area contributed by atoms with Gasteiger partial charge in [0.05, 0.1) is 23.1 Å². The molecule has 1 aromatic carbocycles. The van der Waals surface area contributed by atoms with E-state index in [1.165, 1.54) is 18.7 Å². The molecule has 1 aromatic heterocycles. The summed E-state index contributed by atoms with van der Waals surface area (Å²) in [5.41, 5.74) is 1.22. The first-order valence-corrected chi connectivity index (χ1v) is 9.28. The standard InChI is InChI=1S/C17H16ClN3O5S/c1-8-5-14(26-21-8)20-16(23)9(2)25-15(22)7-13-17(24)19-11-6-10(18)3-4-12(11)27-13/h3-6,9,13H,7H2,1-2H3,(H,19,24)(H,20,23)/t9-,13-/m1/s1. The molecular weight excluding hydrogens is 394 g/mol. The fraction of sp³-hybridized carbons (Fsp3) is 0.294. The van der Waals surface area contributed by atoms with Crippen molar-refractivity contribution < 1.29 is 23.6 Å². The second kappa shape index (κ2) is 8.01. The molecule has 8 nitrogen and oxygen atoms in total. The summed E-state index contributed by atoms with van der Waals surface area (Å²) in [5, 5.41) is 8.67. The van der Waals surface area contributed by atoms with Crippen LogP contribution in [0.15, 0.2) is 33.7 Å². The number of aromatic nitrogens is 1. The SMILES string of the molecule is Cc1cc(NC(=O)[C@@H](C)OC(=O)C[C@H]2Sc3ccc(Cl)cc3NC2=O)on1. The quantitative estimate of drug-likeness (QED) is 0.730. The minimum atomic E-state index is -1.05. The van der Waals surface area contributed by atoms with Crippen LogP contribution in [0.2, 0.25) is 5.02 Å². The molecule has 0 bridgehead atoms. The summed E-state index contributed by atoms with van der Waals surface area (Å²) in [6.45, 7) is 3.14. The number of ether oxygens (including phenoxy) is 1. The van der Waals surface area contributed by atoms with Gasteiger partial charge in [-0.2, -0.15) is 0 Å². The number of hydrogen-bond acceptors (Lipinski definition) is 7. The molecule has 142 valence electrons. The molecule has 0 radical (unpaired) electrons. The number of carbonyl (C=O) groups is 3. The van der Waals surface area contributed by atoms with Gasteiger partial charge < -0.3 is 14.6 Å². The molecule has 27 heavy (non-hydrogen) atoms. The minimum absolute atomic E-state index is 0.165. The molecule has 2 heterocycles. The van der Waals surface area contributed by atoms with Gasteiger partial charge in [0.25, 0.3) is 5.91 Å². The summed E-state index contributed by atoms with van der Waals surface area (Å²) in [6.07, 6.45) is -1.22. The fourth-order valence-corrected chi connectivity index (χ4v) is 3.60. The number of nitrogens with one attached hydrogen (secondary N) is 2. The van der Waals surface area contributed by atoms with Crippen LogP contribution in [-0.4, -0.2) is 34.3 Å². The lowest BCUT2D eigenvalue weighted by Crippen LogP contribution is -2.34. The number of rotatable bonds is 5. The lowest BCUT2D eigenvalue weighted by Gasteiger charge is -2.24. The number of esters is 1. The summed E-state index contributed by atoms with van der Waals surface area (Å²) in [7, 11) is 0. The van der Waals surface area contributed by atoms with E-state index in [1.807, 2.05) is 0 Å². The number of hydrogen-bond donors (Lipinski definition) is 2. The van der Waals surface area contributed by atoms with Crippen molar-refractivity contribution in [2.75, 3.05) is 10.6 Å². The summed E-state index contributed by atoms with van der Waals surface area (Å²) in [5.74, 6) is -1.37. The van der Waals surface area contributed by atoms with E-state index in [9.17, 15) is 14.4 Å². The molecule has 0 saturated heterocycles. The molecule has 2 amide bonds. The molecule has 2 aromatic rings. The number of benzene rings is 1. The molecule has 0 fully saturated rings. The maximum absolute atomic E-state index is 12.2. The van der Waals surface area contributed by atoms with E-state index in [1.54, 1.807) is 31.2 Å². The number of nitrogens with zero attached hydrogens (tertiary/aromatic N) is 1. The molecule has 0 unspecified atom stereocenters. The van der Waals surface area contributed by atoms with Crippen LogP contribution in [0.1, 0.15) is 19.0 Å². The summed E-state index contributed by atoms with van der Waals surface area (Å²) in [6, 6.07) is 6.67. The number of anilines is 2. The molecule has 1 aliphatic heterocycles. The summed E-state index contributed by atoms with van der Waals surface area (Å²) >= 11 is 7.16. The highest BCUT2D eigenvalue weighted by Crippen LogP contribution is 2.38. The number of aryl methyl sites for hydroxylation is 1. The number of halogens is 1. The third-order valence-electron chi connectivity index (χ3n) is 3.67. The van der Waals surface area contributed by atoms with Gasteiger partial charge >= 0.3 is 5.97 Å². The Morgan fingerprint density at radius 3 is 2.93 bits per heavy atom. The van der Waals surface area contributed by atoms with Gasteiger partial charge in [0.1, 0.15) is 0 Å². The van der Waals surface area contributed by atoms with E-state index >= 15 is 0 Å². The number of amides is 2. The van der Waals surface area contributed by atoms with Crippen LogP contribution in [0.3, 0.4) is 0 Å². The highest BCUT2D eigenvalue weighted by molar-refractivity contribution is 8.01. The third-order valence-corrected chi connectivity index (χ3v) is 5.18. The third kappa shape index (κ3) is 4.81. The summed E-state index contributed by atoms with van der Waals surface area (Å²) in [4.78, 5) is 37.2. The first-order chi connectivity index (χ1) is 12.8. The van der Waals surface area contributed by atoms with Crippen LogP contribution < -0.4 is 10.6 Å². The van der Waals surface area contributed by atoms with Gasteiger partial charge in [0, 0.05) is 16.0 Å². The number of carbonyl (C=O) groups excluding carboxylic acids is 3. The largest absolute Gasteiger partial charge is 0.452 e. The van der Waals surface area contributed by atoms with Crippen molar-refractivity contribution in [1.82, 2.24) is 5.16 Å². The zero-order valence-corrected chi connectivity index (χ0v) is 16.0. The molecule has 2 N–H and O–H groups in total. The minimum Gasteiger partial charge on any atom is -0.452 e. The van der Waals surface area contributed by atoms with E-state index in [0.717, 1.165) is 4.90 Å². The van der Waals surface area contributed by atoms with Crippen LogP contribution >= 0.6 is 23.4 Å². The highest BCUT2D eigenvalue weighted by Gasteiger charge is 2.31. The lowest BCUT2D eigenvalue weighted by molar-refractivity contribution is -0.153. The topological polar surface area (TPSA) is 111 Å². The Morgan fingerprint density at radius 1 is 1.44 bits per heavy atom. The highest BCUT2D eigenvalue weighted by atomic mass is 35.5. The lowest BCUT2D eigenvalue weighted by atomic mass is 10.2. The van der Waals surface area contributed by atoms with E-state index in [0.29, 0.717) is 16.4 Å². The van der Waals surface area contributed by atoms with Gasteiger partial charge in [-0.05, 0) is 32.0 Å². The predicted octanol–water partition coefficient (Wildman–Crippen LogP) is 3.01. The molecule has 0 saturated carbocycles. The molecule has 2 atom stereocenters. The molecule has 1 aliphatic rings. The average Bonchev–Trinajstić information content (AvgIpc) is 3.00. The van der Waals surface area contributed by atoms with Crippen molar-refractivity contribution in [2.45, 2.75) is 36.5 Å². The van der Waals surface area contributed by atoms with Crippen molar-refractivity contribution in [3.63, 3.8) is 0 Å². The maximum atomic E-state index is 12.2. The van der Waals surface area contributed by atoms with Gasteiger partial charge in [-0.3, -0.25) is 19.7 Å². The van der Waals surface area contributed by atoms with E-state index in [2.05, 4.69) is 15.8 Å². The van der Waals surface area contributed by atoms with Crippen LogP contribution in [0.5, 0.6) is 0 Å². The van der Waals surface area contributed by atoms with Crippen molar-refractivity contribution >= 4 is 52.7 Å². The predicted molar refractivity (Wildman–Crippen MR) is 99.8 cm³/mol. The van der Waals surface area contributed by atoms with Crippen LogP contribution in [0.4, 0.5) is 11.6 Å². The Labute approximate surface area is 163 Å². The molecule has 10 heteroatoms. The smallest absolute Gasteiger partial charge is 0.308 e. The van der Waals surface area contributed by atoms with Crippen LogP contribution in [0.25, 0.3) is 0 Å². The van der Waals surface area contributed by atoms with Gasteiger partial charge in [-0.15, -0.1) is 11.8 Å². The van der Waals surface area contributed by atoms with Gasteiger partial charge in [0.15, 0.2) is 6.10 Å². The zero-order chi connectivity index (χ0) is 19.6. The second-order valence-corrected chi connectivity index (χ2v) is 7.58. The van der Waals surface area contributed by atoms with Crippen molar-refractivity contribution in [3.8, 4) is 0 Å². The Balaban J connectivity index is 1.54. The normalized spacial score (nSPS) is 16.9. The zero-order valence-electron chi connectivity index (χ0n) is 14.4. The van der Waals surface area contributed by atoms with Crippen LogP contribution in [0, 0.1) is 6.92 Å². The Bertz CT molecular complexity index is 900. The first-order valence-electron chi connectivity index (χ1n) is 8.02. The maximum Gasteiger partial charge on any atom is 0.308 e. The van der Waals surface area contributed by atoms with Gasteiger partial charge in [-0.1, -0.05) is 16.8 Å². The first kappa shape index (κ1) is 19.2. The number of thioether (sulfide) groups is 1. The monoisotopic (exact) mass is 409 g/mol. The summed E-state index contributed by atoms with van der Waals surface area (Å²) < 4.78 is 10.0. The molecular formula is C17H16ClN3O5S. The van der Waals surface area contributed by atoms with Crippen molar-refractivity contribution in [3.05, 3.63) is 35.0 Å². The molecule has 3 rings (SSSR count). The van der Waals surface area contributed by atoms with E-state index in [4.69, 9.17) is 20.9 Å². The molecule has 0 aliphatic carbocycles. The Morgan fingerprint density at radius 2 is 2.22 bits per heavy atom. The van der Waals surface area contributed by atoms with Gasteiger partial charge in [-0.25, -0.2) is 0 Å².